The van der Waals surface area contributed by atoms with Crippen LogP contribution >= 0.6 is 0 Å². The summed E-state index contributed by atoms with van der Waals surface area (Å²) in [7, 11) is 0. The first-order valence-corrected chi connectivity index (χ1v) is 7.04. The Morgan fingerprint density at radius 3 is 2.63 bits per heavy atom. The van der Waals surface area contributed by atoms with Crippen molar-refractivity contribution in [3.63, 3.8) is 0 Å². The van der Waals surface area contributed by atoms with Crippen LogP contribution in [0.3, 0.4) is 0 Å². The molecule has 0 radical (unpaired) electrons. The normalized spacial score (nSPS) is 20.9. The van der Waals surface area contributed by atoms with Gasteiger partial charge in [-0.15, -0.1) is 0 Å². The lowest BCUT2D eigenvalue weighted by molar-refractivity contribution is -0.0173. The second-order valence-corrected chi connectivity index (χ2v) is 5.69. The van der Waals surface area contributed by atoms with Gasteiger partial charge >= 0.3 is 0 Å². The minimum atomic E-state index is -0.610. The molecule has 0 saturated heterocycles. The predicted octanol–water partition coefficient (Wildman–Crippen LogP) is 3.41. The second-order valence-electron chi connectivity index (χ2n) is 5.69. The zero-order valence-corrected chi connectivity index (χ0v) is 10.9. The van der Waals surface area contributed by atoms with Crippen LogP contribution < -0.4 is 10.1 Å². The monoisotopic (exact) mass is 267 g/mol. The van der Waals surface area contributed by atoms with E-state index in [4.69, 9.17) is 4.74 Å². The predicted molar refractivity (Wildman–Crippen MR) is 69.2 cm³/mol. The van der Waals surface area contributed by atoms with Gasteiger partial charge in [0.25, 0.3) is 0 Å². The van der Waals surface area contributed by atoms with Gasteiger partial charge in [0, 0.05) is 12.1 Å². The Morgan fingerprint density at radius 2 is 2.05 bits per heavy atom. The molecule has 4 heteroatoms. The third kappa shape index (κ3) is 3.06. The van der Waals surface area contributed by atoms with Gasteiger partial charge in [-0.3, -0.25) is 0 Å². The highest BCUT2D eigenvalue weighted by Crippen LogP contribution is 2.40. The second kappa shape index (κ2) is 5.08. The average Bonchev–Trinajstić information content (AvgIpc) is 3.13. The fourth-order valence-corrected chi connectivity index (χ4v) is 2.56. The van der Waals surface area contributed by atoms with Crippen molar-refractivity contribution in [1.29, 1.82) is 0 Å². The lowest BCUT2D eigenvalue weighted by Crippen LogP contribution is -2.45. The molecule has 2 aliphatic rings. The van der Waals surface area contributed by atoms with Crippen LogP contribution in [0.25, 0.3) is 0 Å². The van der Waals surface area contributed by atoms with Crippen LogP contribution in [0.4, 0.5) is 8.78 Å². The molecule has 0 spiro atoms. The van der Waals surface area contributed by atoms with Gasteiger partial charge in [-0.05, 0) is 57.2 Å². The van der Waals surface area contributed by atoms with Crippen molar-refractivity contribution in [2.24, 2.45) is 0 Å². The molecule has 0 bridgehead atoms. The molecule has 1 N–H and O–H groups in total. The summed E-state index contributed by atoms with van der Waals surface area (Å²) in [6.45, 7) is 0.910. The molecule has 1 aromatic carbocycles. The Balaban J connectivity index is 1.60. The first-order valence-electron chi connectivity index (χ1n) is 7.04. The van der Waals surface area contributed by atoms with Crippen LogP contribution in [-0.4, -0.2) is 18.2 Å². The molecule has 0 aliphatic heterocycles. The van der Waals surface area contributed by atoms with Gasteiger partial charge in [-0.2, -0.15) is 0 Å². The maximum Gasteiger partial charge on any atom is 0.168 e. The van der Waals surface area contributed by atoms with Gasteiger partial charge in [-0.1, -0.05) is 0 Å². The van der Waals surface area contributed by atoms with Crippen LogP contribution in [0.1, 0.15) is 38.5 Å². The molecular weight excluding hydrogens is 248 g/mol. The quantitative estimate of drug-likeness (QED) is 0.853. The lowest BCUT2D eigenvalue weighted by atomic mass is 9.77. The molecule has 0 aromatic heterocycles. The third-order valence-electron chi connectivity index (χ3n) is 4.08. The zero-order chi connectivity index (χ0) is 13.3. The van der Waals surface area contributed by atoms with Crippen LogP contribution in [0.2, 0.25) is 0 Å². The largest absolute Gasteiger partial charge is 0.484 e. The SMILES string of the molecule is Fc1ccc(OC2(CCNC3CC3)CCC2)c(F)c1. The summed E-state index contributed by atoms with van der Waals surface area (Å²) in [5, 5.41) is 3.46. The molecule has 104 valence electrons. The maximum atomic E-state index is 13.6. The summed E-state index contributed by atoms with van der Waals surface area (Å²) in [4.78, 5) is 0. The highest BCUT2D eigenvalue weighted by Gasteiger charge is 2.39. The maximum absolute atomic E-state index is 13.6. The minimum absolute atomic E-state index is 0.174. The summed E-state index contributed by atoms with van der Waals surface area (Å²) in [5.74, 6) is -1.00. The summed E-state index contributed by atoms with van der Waals surface area (Å²) >= 11 is 0. The van der Waals surface area contributed by atoms with Gasteiger partial charge in [0.2, 0.25) is 0 Å². The van der Waals surface area contributed by atoms with E-state index >= 15 is 0 Å². The molecule has 1 aromatic rings. The first kappa shape index (κ1) is 12.9. The van der Waals surface area contributed by atoms with Crippen molar-refractivity contribution < 1.29 is 13.5 Å². The van der Waals surface area contributed by atoms with Gasteiger partial charge < -0.3 is 10.1 Å². The Labute approximate surface area is 112 Å². The fraction of sp³-hybridized carbons (Fsp3) is 0.600. The summed E-state index contributed by atoms with van der Waals surface area (Å²) in [6.07, 6.45) is 6.44. The minimum Gasteiger partial charge on any atom is -0.484 e. The number of halogens is 2. The Kier molecular flexibility index (Phi) is 3.44. The smallest absolute Gasteiger partial charge is 0.168 e. The average molecular weight is 267 g/mol. The van der Waals surface area contributed by atoms with Gasteiger partial charge in [-0.25, -0.2) is 8.78 Å². The van der Waals surface area contributed by atoms with Crippen LogP contribution in [-0.2, 0) is 0 Å². The van der Waals surface area contributed by atoms with E-state index in [0.717, 1.165) is 38.3 Å². The fourth-order valence-electron chi connectivity index (χ4n) is 2.56. The van der Waals surface area contributed by atoms with Gasteiger partial charge in [0.1, 0.15) is 11.4 Å². The Bertz CT molecular complexity index is 455. The standard InChI is InChI=1S/C15H19F2NO/c16-11-2-5-14(13(17)10-11)19-15(6-1-7-15)8-9-18-12-3-4-12/h2,5,10,12,18H,1,3-4,6-9H2. The molecule has 2 nitrogen and oxygen atoms in total. The van der Waals surface area contributed by atoms with E-state index in [2.05, 4.69) is 5.32 Å². The molecule has 0 amide bonds. The highest BCUT2D eigenvalue weighted by atomic mass is 19.1. The number of nitrogens with one attached hydrogen (secondary N) is 1. The van der Waals surface area contributed by atoms with E-state index in [0.29, 0.717) is 6.04 Å². The third-order valence-corrected chi connectivity index (χ3v) is 4.08. The van der Waals surface area contributed by atoms with Crippen molar-refractivity contribution in [2.45, 2.75) is 50.2 Å². The van der Waals surface area contributed by atoms with E-state index in [1.807, 2.05) is 0 Å². The van der Waals surface area contributed by atoms with Crippen LogP contribution in [0.5, 0.6) is 5.75 Å². The van der Waals surface area contributed by atoms with E-state index in [1.54, 1.807) is 0 Å². The Morgan fingerprint density at radius 1 is 1.26 bits per heavy atom. The number of hydrogen-bond donors (Lipinski definition) is 1. The van der Waals surface area contributed by atoms with E-state index < -0.39 is 11.6 Å². The van der Waals surface area contributed by atoms with Gasteiger partial charge in [0.15, 0.2) is 11.6 Å². The topological polar surface area (TPSA) is 21.3 Å². The first-order chi connectivity index (χ1) is 9.17. The van der Waals surface area contributed by atoms with Crippen molar-refractivity contribution in [3.05, 3.63) is 29.8 Å². The molecule has 0 atom stereocenters. The van der Waals surface area contributed by atoms with Crippen molar-refractivity contribution in [1.82, 2.24) is 5.32 Å². The number of benzene rings is 1. The van der Waals surface area contributed by atoms with Crippen molar-refractivity contribution in [3.8, 4) is 5.75 Å². The molecule has 0 unspecified atom stereocenters. The number of rotatable bonds is 6. The molecular formula is C15H19F2NO. The summed E-state index contributed by atoms with van der Waals surface area (Å²) < 4.78 is 32.3. The number of ether oxygens (including phenoxy) is 1. The zero-order valence-electron chi connectivity index (χ0n) is 10.9. The molecule has 2 fully saturated rings. The highest BCUT2D eigenvalue weighted by molar-refractivity contribution is 5.26. The summed E-state index contributed by atoms with van der Waals surface area (Å²) in [5.41, 5.74) is -0.249. The summed E-state index contributed by atoms with van der Waals surface area (Å²) in [6, 6.07) is 4.19. The molecule has 2 aliphatic carbocycles. The van der Waals surface area contributed by atoms with Crippen molar-refractivity contribution >= 4 is 0 Å². The molecule has 19 heavy (non-hydrogen) atoms. The molecule has 3 rings (SSSR count). The van der Waals surface area contributed by atoms with Crippen LogP contribution in [0, 0.1) is 11.6 Å². The lowest BCUT2D eigenvalue weighted by Gasteiger charge is -2.42. The van der Waals surface area contributed by atoms with Crippen LogP contribution in [0.15, 0.2) is 18.2 Å². The molecule has 0 heterocycles. The van der Waals surface area contributed by atoms with E-state index in [1.165, 1.54) is 25.0 Å². The Hall–Kier alpha value is -1.16. The van der Waals surface area contributed by atoms with E-state index in [-0.39, 0.29) is 11.4 Å². The number of hydrogen-bond acceptors (Lipinski definition) is 2. The van der Waals surface area contributed by atoms with Gasteiger partial charge in [0.05, 0.1) is 0 Å². The van der Waals surface area contributed by atoms with Crippen molar-refractivity contribution in [2.75, 3.05) is 6.54 Å². The van der Waals surface area contributed by atoms with E-state index in [9.17, 15) is 8.78 Å². The molecule has 2 saturated carbocycles.